The first kappa shape index (κ1) is 14.4. The van der Waals surface area contributed by atoms with Crippen LogP contribution in [-0.2, 0) is 19.6 Å². The van der Waals surface area contributed by atoms with Crippen LogP contribution in [0.2, 0.25) is 0 Å². The van der Waals surface area contributed by atoms with E-state index in [0.29, 0.717) is 26.2 Å². The molecule has 1 atom stereocenters. The molecule has 0 aromatic carbocycles. The van der Waals surface area contributed by atoms with Crippen LogP contribution >= 0.6 is 0 Å². The van der Waals surface area contributed by atoms with E-state index in [4.69, 9.17) is 4.74 Å². The molecule has 0 saturated carbocycles. The highest BCUT2D eigenvalue weighted by atomic mass is 32.2. The van der Waals surface area contributed by atoms with Crippen LogP contribution in [0.3, 0.4) is 0 Å². The van der Waals surface area contributed by atoms with Gasteiger partial charge in [-0.2, -0.15) is 4.31 Å². The van der Waals surface area contributed by atoms with Crippen molar-refractivity contribution in [2.24, 2.45) is 0 Å². The lowest BCUT2D eigenvalue weighted by molar-refractivity contribution is -0.142. The average Bonchev–Trinajstić information content (AvgIpc) is 2.37. The van der Waals surface area contributed by atoms with Crippen LogP contribution in [0.5, 0.6) is 0 Å². The van der Waals surface area contributed by atoms with E-state index in [1.165, 1.54) is 11.4 Å². The Morgan fingerprint density at radius 1 is 1.29 bits per heavy atom. The number of piperazine rings is 1. The molecule has 17 heavy (non-hydrogen) atoms. The van der Waals surface area contributed by atoms with E-state index in [2.05, 4.69) is 0 Å². The summed E-state index contributed by atoms with van der Waals surface area (Å²) in [5, 5.41) is 0. The summed E-state index contributed by atoms with van der Waals surface area (Å²) in [5.41, 5.74) is 0. The van der Waals surface area contributed by atoms with E-state index in [1.54, 1.807) is 18.7 Å². The largest absolute Gasteiger partial charge is 0.372 e. The van der Waals surface area contributed by atoms with Crippen LogP contribution in [0.1, 0.15) is 13.8 Å². The number of methoxy groups -OCH3 is 1. The van der Waals surface area contributed by atoms with Gasteiger partial charge in [-0.3, -0.25) is 4.79 Å². The van der Waals surface area contributed by atoms with Gasteiger partial charge in [-0.15, -0.1) is 0 Å². The third-order valence-electron chi connectivity index (χ3n) is 3.01. The van der Waals surface area contributed by atoms with Gasteiger partial charge in [0.05, 0.1) is 5.75 Å². The van der Waals surface area contributed by atoms with Gasteiger partial charge >= 0.3 is 0 Å². The predicted molar refractivity (Wildman–Crippen MR) is 64.1 cm³/mol. The molecule has 0 radical (unpaired) electrons. The maximum Gasteiger partial charge on any atom is 0.251 e. The second-order valence-corrected chi connectivity index (χ2v) is 6.26. The van der Waals surface area contributed by atoms with Gasteiger partial charge in [0.1, 0.15) is 6.10 Å². The number of hydrogen-bond acceptors (Lipinski definition) is 4. The molecule has 1 unspecified atom stereocenters. The minimum absolute atomic E-state index is 0.0824. The zero-order valence-corrected chi connectivity index (χ0v) is 11.4. The van der Waals surface area contributed by atoms with Crippen LogP contribution < -0.4 is 0 Å². The number of carbonyl (C=O) groups excluding carboxylic acids is 1. The standard InChI is InChI=1S/C10H20N2O4S/c1-4-17(14,15)12-7-5-11(6-8-12)10(13)9(2)16-3/h9H,4-8H2,1-3H3. The van der Waals surface area contributed by atoms with Gasteiger partial charge in [0.25, 0.3) is 5.91 Å². The molecule has 0 aliphatic carbocycles. The maximum atomic E-state index is 11.8. The molecule has 100 valence electrons. The second-order valence-electron chi connectivity index (χ2n) is 4.00. The molecule has 1 aliphatic heterocycles. The first-order valence-electron chi connectivity index (χ1n) is 5.71. The lowest BCUT2D eigenvalue weighted by atomic mass is 10.3. The average molecular weight is 264 g/mol. The summed E-state index contributed by atoms with van der Waals surface area (Å²) in [6, 6.07) is 0. The van der Waals surface area contributed by atoms with Gasteiger partial charge in [0.2, 0.25) is 10.0 Å². The van der Waals surface area contributed by atoms with Crippen molar-refractivity contribution < 1.29 is 17.9 Å². The Balaban J connectivity index is 2.54. The molecule has 1 aliphatic rings. The summed E-state index contributed by atoms with van der Waals surface area (Å²) in [6.45, 7) is 4.94. The number of nitrogens with zero attached hydrogens (tertiary/aromatic N) is 2. The smallest absolute Gasteiger partial charge is 0.251 e. The van der Waals surface area contributed by atoms with Gasteiger partial charge in [0, 0.05) is 33.3 Å². The molecular formula is C10H20N2O4S. The number of carbonyl (C=O) groups is 1. The monoisotopic (exact) mass is 264 g/mol. The Morgan fingerprint density at radius 3 is 2.24 bits per heavy atom. The summed E-state index contributed by atoms with van der Waals surface area (Å²) < 4.78 is 29.6. The highest BCUT2D eigenvalue weighted by Crippen LogP contribution is 2.09. The van der Waals surface area contributed by atoms with Crippen molar-refractivity contribution in [3.8, 4) is 0 Å². The van der Waals surface area contributed by atoms with E-state index in [9.17, 15) is 13.2 Å². The van der Waals surface area contributed by atoms with Crippen LogP contribution in [0, 0.1) is 0 Å². The van der Waals surface area contributed by atoms with Gasteiger partial charge in [-0.05, 0) is 13.8 Å². The Bertz CT molecular complexity index is 361. The number of sulfonamides is 1. The molecule has 1 fully saturated rings. The third-order valence-corrected chi connectivity index (χ3v) is 4.89. The first-order chi connectivity index (χ1) is 7.92. The molecule has 1 amide bonds. The summed E-state index contributed by atoms with van der Waals surface area (Å²) >= 11 is 0. The van der Waals surface area contributed by atoms with Crippen molar-refractivity contribution in [3.63, 3.8) is 0 Å². The predicted octanol–water partition coefficient (Wildman–Crippen LogP) is -0.485. The molecule has 0 spiro atoms. The Labute approximate surface area is 103 Å². The van der Waals surface area contributed by atoms with Crippen LogP contribution in [0.4, 0.5) is 0 Å². The molecule has 0 aromatic rings. The van der Waals surface area contributed by atoms with Crippen molar-refractivity contribution in [3.05, 3.63) is 0 Å². The molecule has 1 heterocycles. The Morgan fingerprint density at radius 2 is 1.82 bits per heavy atom. The quantitative estimate of drug-likeness (QED) is 0.687. The summed E-state index contributed by atoms with van der Waals surface area (Å²) in [5.74, 6) is 0.0242. The topological polar surface area (TPSA) is 66.9 Å². The SMILES string of the molecule is CCS(=O)(=O)N1CCN(C(=O)C(C)OC)CC1. The van der Waals surface area contributed by atoms with Crippen LogP contribution in [0.25, 0.3) is 0 Å². The van der Waals surface area contributed by atoms with Gasteiger partial charge < -0.3 is 9.64 Å². The highest BCUT2D eigenvalue weighted by molar-refractivity contribution is 7.89. The highest BCUT2D eigenvalue weighted by Gasteiger charge is 2.29. The minimum atomic E-state index is -3.13. The molecule has 0 bridgehead atoms. The zero-order valence-electron chi connectivity index (χ0n) is 10.5. The van der Waals surface area contributed by atoms with E-state index in [-0.39, 0.29) is 11.7 Å². The normalized spacial score (nSPS) is 20.3. The summed E-state index contributed by atoms with van der Waals surface area (Å²) in [4.78, 5) is 13.4. The molecule has 0 N–H and O–H groups in total. The van der Waals surface area contributed by atoms with Gasteiger partial charge in [-0.25, -0.2) is 8.42 Å². The van der Waals surface area contributed by atoms with E-state index in [0.717, 1.165) is 0 Å². The number of hydrogen-bond donors (Lipinski definition) is 0. The molecule has 0 aromatic heterocycles. The van der Waals surface area contributed by atoms with Crippen molar-refractivity contribution in [2.75, 3.05) is 39.0 Å². The zero-order chi connectivity index (χ0) is 13.1. The fraction of sp³-hybridized carbons (Fsp3) is 0.900. The second kappa shape index (κ2) is 5.79. The fourth-order valence-corrected chi connectivity index (χ4v) is 2.81. The fourth-order valence-electron chi connectivity index (χ4n) is 1.73. The third kappa shape index (κ3) is 3.40. The summed E-state index contributed by atoms with van der Waals surface area (Å²) in [6.07, 6.45) is -0.468. The van der Waals surface area contributed by atoms with E-state index < -0.39 is 16.1 Å². The molecule has 1 rings (SSSR count). The van der Waals surface area contributed by atoms with Crippen molar-refractivity contribution in [1.29, 1.82) is 0 Å². The van der Waals surface area contributed by atoms with Crippen molar-refractivity contribution >= 4 is 15.9 Å². The van der Waals surface area contributed by atoms with Crippen LogP contribution in [-0.4, -0.2) is 68.7 Å². The minimum Gasteiger partial charge on any atom is -0.372 e. The Hall–Kier alpha value is -0.660. The number of ether oxygens (including phenoxy) is 1. The lowest BCUT2D eigenvalue weighted by Gasteiger charge is -2.34. The number of amides is 1. The van der Waals surface area contributed by atoms with Crippen molar-refractivity contribution in [2.45, 2.75) is 20.0 Å². The summed E-state index contributed by atoms with van der Waals surface area (Å²) in [7, 11) is -1.65. The van der Waals surface area contributed by atoms with E-state index in [1.807, 2.05) is 0 Å². The lowest BCUT2D eigenvalue weighted by Crippen LogP contribution is -2.52. The van der Waals surface area contributed by atoms with Crippen LogP contribution in [0.15, 0.2) is 0 Å². The van der Waals surface area contributed by atoms with Gasteiger partial charge in [-0.1, -0.05) is 0 Å². The van der Waals surface area contributed by atoms with Crippen molar-refractivity contribution in [1.82, 2.24) is 9.21 Å². The maximum absolute atomic E-state index is 11.8. The first-order valence-corrected chi connectivity index (χ1v) is 7.32. The Kier molecular flexibility index (Phi) is 4.91. The molecule has 1 saturated heterocycles. The molecular weight excluding hydrogens is 244 g/mol. The molecule has 7 heteroatoms. The van der Waals surface area contributed by atoms with E-state index >= 15 is 0 Å². The van der Waals surface area contributed by atoms with Gasteiger partial charge in [0.15, 0.2) is 0 Å². The number of rotatable bonds is 4. The molecule has 6 nitrogen and oxygen atoms in total.